The summed E-state index contributed by atoms with van der Waals surface area (Å²) in [6.07, 6.45) is 104. The Balaban J connectivity index is 4.60. The third kappa shape index (κ3) is 81.5. The molecule has 5 atom stereocenters. The highest BCUT2D eigenvalue weighted by molar-refractivity contribution is 7.47. The van der Waals surface area contributed by atoms with E-state index in [1.165, 1.54) is 103 Å². The first-order valence-corrected chi connectivity index (χ1v) is 44.1. The number of ether oxygens (including phenoxy) is 3. The molecule has 0 aliphatic carbocycles. The van der Waals surface area contributed by atoms with Crippen LogP contribution in [0.3, 0.4) is 0 Å². The van der Waals surface area contributed by atoms with Crippen LogP contribution in [0.15, 0.2) is 182 Å². The molecule has 0 radical (unpaired) electrons. The van der Waals surface area contributed by atoms with Gasteiger partial charge < -0.3 is 34.2 Å². The molecule has 0 fully saturated rings. The van der Waals surface area contributed by atoms with Crippen molar-refractivity contribution >= 4 is 33.6 Å². The zero-order chi connectivity index (χ0) is 78.0. The highest BCUT2D eigenvalue weighted by atomic mass is 31.2. The van der Waals surface area contributed by atoms with Gasteiger partial charge in [0.15, 0.2) is 6.10 Å². The topological polar surface area (TPSA) is 231 Å². The van der Waals surface area contributed by atoms with E-state index in [0.717, 1.165) is 135 Å². The summed E-state index contributed by atoms with van der Waals surface area (Å²) < 4.78 is 61.1. The third-order valence-electron chi connectivity index (χ3n) is 16.6. The Morgan fingerprint density at radius 3 is 0.813 bits per heavy atom. The van der Waals surface area contributed by atoms with Crippen LogP contribution in [-0.4, -0.2) is 95.9 Å². The second kappa shape index (κ2) is 80.2. The van der Waals surface area contributed by atoms with Crippen molar-refractivity contribution in [3.63, 3.8) is 0 Å². The largest absolute Gasteiger partial charge is 0.472 e. The van der Waals surface area contributed by atoms with Crippen LogP contribution in [-0.2, 0) is 55.8 Å². The molecule has 0 saturated heterocycles. The van der Waals surface area contributed by atoms with Gasteiger partial charge in [0.1, 0.15) is 25.4 Å². The number of rotatable bonds is 76. The first-order chi connectivity index (χ1) is 52.2. The summed E-state index contributed by atoms with van der Waals surface area (Å²) >= 11 is 0. The lowest BCUT2D eigenvalue weighted by Gasteiger charge is -2.21. The fourth-order valence-electron chi connectivity index (χ4n) is 10.4. The number of carbonyl (C=O) groups excluding carboxylic acids is 3. The number of esters is 3. The molecule has 0 saturated carbocycles. The van der Waals surface area contributed by atoms with Gasteiger partial charge in [-0.25, -0.2) is 9.13 Å². The smallest absolute Gasteiger partial charge is 0.463 e. The molecule has 0 aromatic carbocycles. The molecule has 0 aliphatic heterocycles. The summed E-state index contributed by atoms with van der Waals surface area (Å²) in [5, 5.41) is 20.7. The zero-order valence-corrected chi connectivity index (χ0v) is 68.3. The first-order valence-electron chi connectivity index (χ1n) is 41.1. The quantitative estimate of drug-likeness (QED) is 0.0146. The molecule has 0 aromatic heterocycles. The number of unbranched alkanes of at least 4 members (excludes halogenated alkanes) is 23. The normalized spacial score (nSPS) is 14.9. The van der Waals surface area contributed by atoms with Crippen LogP contribution in [0.25, 0.3) is 0 Å². The van der Waals surface area contributed by atoms with Gasteiger partial charge >= 0.3 is 33.6 Å². The van der Waals surface area contributed by atoms with Crippen molar-refractivity contribution in [1.82, 2.24) is 0 Å². The minimum Gasteiger partial charge on any atom is -0.463 e. The van der Waals surface area contributed by atoms with Crippen molar-refractivity contribution in [3.05, 3.63) is 182 Å². The fraction of sp³-hybridized carbons (Fsp3) is 0.629. The predicted molar refractivity (Wildman–Crippen MR) is 445 cm³/mol. The second-order valence-corrected chi connectivity index (χ2v) is 29.7. The fourth-order valence-corrected chi connectivity index (χ4v) is 12.0. The van der Waals surface area contributed by atoms with E-state index in [-0.39, 0.29) is 19.3 Å². The maximum absolute atomic E-state index is 13.0. The molecule has 4 N–H and O–H groups in total. The lowest BCUT2D eigenvalue weighted by atomic mass is 10.0. The Morgan fingerprint density at radius 2 is 0.505 bits per heavy atom. The Kier molecular flexibility index (Phi) is 76.2. The molecule has 0 bridgehead atoms. The average molecular weight is 1530 g/mol. The van der Waals surface area contributed by atoms with Gasteiger partial charge in [0, 0.05) is 19.3 Å². The van der Waals surface area contributed by atoms with E-state index in [9.17, 15) is 43.5 Å². The van der Waals surface area contributed by atoms with E-state index in [0.29, 0.717) is 25.7 Å². The molecule has 0 heterocycles. The number of phosphoric acid groups is 2. The van der Waals surface area contributed by atoms with Gasteiger partial charge in [-0.3, -0.25) is 32.5 Å². The molecule has 0 spiro atoms. The van der Waals surface area contributed by atoms with Crippen LogP contribution in [0, 0.1) is 0 Å². The minimum absolute atomic E-state index is 0.0130. The van der Waals surface area contributed by atoms with Crippen LogP contribution in [0.4, 0.5) is 0 Å². The summed E-state index contributed by atoms with van der Waals surface area (Å²) in [4.78, 5) is 58.7. The number of aliphatic hydroxyl groups excluding tert-OH is 2. The molecular weight excluding hydrogens is 1390 g/mol. The molecule has 16 nitrogen and oxygen atoms in total. The van der Waals surface area contributed by atoms with Crippen molar-refractivity contribution in [3.8, 4) is 0 Å². The Bertz CT molecular complexity index is 2670. The predicted octanol–water partition coefficient (Wildman–Crippen LogP) is 24.5. The Hall–Kier alpha value is -5.35. The van der Waals surface area contributed by atoms with E-state index in [1.54, 1.807) is 0 Å². The van der Waals surface area contributed by atoms with Gasteiger partial charge in [-0.2, -0.15) is 0 Å². The molecule has 0 aromatic rings. The molecule has 0 aliphatic rings. The molecule has 0 amide bonds. The molecular formula is C89H146O16P2. The van der Waals surface area contributed by atoms with Crippen LogP contribution in [0.2, 0.25) is 0 Å². The average Bonchev–Trinajstić information content (AvgIpc) is 0.927. The molecule has 18 heteroatoms. The maximum Gasteiger partial charge on any atom is 0.472 e. The molecule has 107 heavy (non-hydrogen) atoms. The zero-order valence-electron chi connectivity index (χ0n) is 66.5. The van der Waals surface area contributed by atoms with Crippen LogP contribution < -0.4 is 0 Å². The number of hydrogen-bond donors (Lipinski definition) is 4. The highest BCUT2D eigenvalue weighted by Gasteiger charge is 2.29. The van der Waals surface area contributed by atoms with E-state index in [4.69, 9.17) is 32.3 Å². The lowest BCUT2D eigenvalue weighted by molar-refractivity contribution is -0.161. The van der Waals surface area contributed by atoms with E-state index in [2.05, 4.69) is 191 Å². The number of hydrogen-bond acceptors (Lipinski definition) is 14. The maximum atomic E-state index is 13.0. The van der Waals surface area contributed by atoms with Crippen LogP contribution >= 0.6 is 15.6 Å². The van der Waals surface area contributed by atoms with Crippen molar-refractivity contribution in [1.29, 1.82) is 0 Å². The standard InChI is InChI=1S/C89H146O16P2/c1-4-7-10-13-16-19-22-25-28-31-33-35-37-38-39-40-41-42-43-44-46-48-49-52-54-57-60-63-66-69-72-75-87(92)99-78-84(90)79-101-106(95,96)102-80-85(91)81-103-107(97,98)104-83-86(105-89(94)77-74-71-68-65-62-59-56-51-30-27-24-21-18-15-12-9-6-3)82-100-88(93)76-73-70-67-64-61-58-55-53-50-47-45-36-34-32-29-26-23-20-17-14-11-8-5-2/h8-9,11-12,16-21,25-30,33-36,38-39,47,50,55-56,58-59,65,68,84-86,90-91H,4-7,10,13-15,22-24,31-32,37,40-46,48-49,51-54,57,60-64,66-67,69-83H2,1-3H3,(H,95,96)(H,97,98)/b11-8-,12-9-,19-16-,20-17-,21-18-,28-25-,29-26-,30-27-,35-33-,36-34-,39-38-,50-47-,58-55-,59-56-,68-65-. The van der Waals surface area contributed by atoms with Gasteiger partial charge in [0.2, 0.25) is 0 Å². The van der Waals surface area contributed by atoms with Crippen molar-refractivity contribution < 1.29 is 75.8 Å². The van der Waals surface area contributed by atoms with Crippen molar-refractivity contribution in [2.45, 2.75) is 322 Å². The van der Waals surface area contributed by atoms with E-state index in [1.807, 2.05) is 12.2 Å². The summed E-state index contributed by atoms with van der Waals surface area (Å²) in [5.74, 6) is -1.68. The summed E-state index contributed by atoms with van der Waals surface area (Å²) in [7, 11) is -9.83. The molecule has 5 unspecified atom stereocenters. The SMILES string of the molecule is CC/C=C\C/C=C\C/C=C\C/C=C\C/C=C\C/C=C\CCCCCCC(=O)OCC(COP(=O)(O)OCC(O)COP(=O)(O)OCC(O)COC(=O)CCCCCCCCCCCCCCCCC/C=C\C/C=C\C/C=C\C/C=C\CCCCC)OC(=O)CCC/C=C\C/C=C\C/C=C\C/C=C\C/C=C\CC. The lowest BCUT2D eigenvalue weighted by Crippen LogP contribution is -2.30. The second-order valence-electron chi connectivity index (χ2n) is 26.8. The third-order valence-corrected chi connectivity index (χ3v) is 18.5. The number of aliphatic hydroxyl groups is 2. The number of phosphoric ester groups is 2. The Labute approximate surface area is 649 Å². The van der Waals surface area contributed by atoms with Gasteiger partial charge in [0.05, 0.1) is 26.4 Å². The van der Waals surface area contributed by atoms with Gasteiger partial charge in [0.25, 0.3) is 0 Å². The molecule has 608 valence electrons. The summed E-state index contributed by atoms with van der Waals surface area (Å²) in [6.45, 7) is 2.32. The number of allylic oxidation sites excluding steroid dienone is 30. The Morgan fingerprint density at radius 1 is 0.271 bits per heavy atom. The van der Waals surface area contributed by atoms with Gasteiger partial charge in [-0.15, -0.1) is 0 Å². The van der Waals surface area contributed by atoms with Crippen LogP contribution in [0.5, 0.6) is 0 Å². The molecule has 0 rings (SSSR count). The number of carbonyl (C=O) groups is 3. The van der Waals surface area contributed by atoms with Gasteiger partial charge in [-0.1, -0.05) is 312 Å². The van der Waals surface area contributed by atoms with Crippen molar-refractivity contribution in [2.75, 3.05) is 39.6 Å². The van der Waals surface area contributed by atoms with E-state index < -0.39 is 91.5 Å². The summed E-state index contributed by atoms with van der Waals surface area (Å²) in [6, 6.07) is 0. The highest BCUT2D eigenvalue weighted by Crippen LogP contribution is 2.45. The minimum atomic E-state index is -4.96. The van der Waals surface area contributed by atoms with Crippen LogP contribution in [0.1, 0.15) is 303 Å². The first kappa shape index (κ1) is 102. The van der Waals surface area contributed by atoms with Crippen molar-refractivity contribution in [2.24, 2.45) is 0 Å². The summed E-state index contributed by atoms with van der Waals surface area (Å²) in [5.41, 5.74) is 0. The monoisotopic (exact) mass is 1530 g/mol. The van der Waals surface area contributed by atoms with Gasteiger partial charge in [-0.05, 0) is 154 Å². The van der Waals surface area contributed by atoms with E-state index >= 15 is 0 Å².